The number of carbonyl (C=O) groups excluding carboxylic acids is 2. The first-order valence-electron chi connectivity index (χ1n) is 17.8. The van der Waals surface area contributed by atoms with Gasteiger partial charge < -0.3 is 40.6 Å². The summed E-state index contributed by atoms with van der Waals surface area (Å²) < 4.78 is 22.2. The third-order valence-corrected chi connectivity index (χ3v) is 10.7. The first-order chi connectivity index (χ1) is 25.1. The number of esters is 2. The highest BCUT2D eigenvalue weighted by Gasteiger charge is 2.33. The second kappa shape index (κ2) is 21.7. The number of hydrogen-bond donors (Lipinski definition) is 4. The maximum Gasteiger partial charge on any atom is 0.338 e. The van der Waals surface area contributed by atoms with Crippen molar-refractivity contribution in [3.8, 4) is 10.1 Å². The standard InChI is InChI=1S/C40H52N2O8S2/c1-27(23-31(41)33-17-19-35(51-33)47-21-9-15-29-11-5-3-6-12-29)25-49-39(45)37(43)38(44)40(46)50-26-28(2)24-32(42)34-18-20-36(52-34)48-22-10-16-30-13-7-4-8-14-30/h3-8,11-14,17-20,27-28,31-32,37-38,43-44H,9-10,15-16,21-26,41-42H2,1-2H3/t27-,28-,31?,32?,37?,38?/m1/s1. The minimum absolute atomic E-state index is 0.0440. The number of benzene rings is 2. The van der Waals surface area contributed by atoms with Crippen LogP contribution < -0.4 is 20.9 Å². The topological polar surface area (TPSA) is 164 Å². The van der Waals surface area contributed by atoms with Gasteiger partial charge in [-0.3, -0.25) is 0 Å². The van der Waals surface area contributed by atoms with Crippen molar-refractivity contribution >= 4 is 34.6 Å². The van der Waals surface area contributed by atoms with Crippen LogP contribution in [-0.2, 0) is 31.9 Å². The van der Waals surface area contributed by atoms with Gasteiger partial charge >= 0.3 is 11.9 Å². The molecule has 0 fully saturated rings. The molecule has 0 radical (unpaired) electrons. The summed E-state index contributed by atoms with van der Waals surface area (Å²) in [5.74, 6) is -2.53. The van der Waals surface area contributed by atoms with Crippen molar-refractivity contribution in [2.24, 2.45) is 23.3 Å². The molecule has 52 heavy (non-hydrogen) atoms. The Morgan fingerprint density at radius 1 is 0.615 bits per heavy atom. The van der Waals surface area contributed by atoms with Crippen LogP contribution in [0, 0.1) is 11.8 Å². The van der Waals surface area contributed by atoms with E-state index in [1.165, 1.54) is 33.8 Å². The van der Waals surface area contributed by atoms with Crippen LogP contribution >= 0.6 is 22.7 Å². The molecule has 6 atom stereocenters. The molecule has 12 heteroatoms. The molecule has 2 aromatic carbocycles. The Kier molecular flexibility index (Phi) is 17.1. The van der Waals surface area contributed by atoms with E-state index in [4.69, 9.17) is 30.4 Å². The SMILES string of the molecule is C[C@@H](COC(=O)C(O)C(O)C(=O)OC[C@H](C)CC(N)c1ccc(OCCCc2ccccc2)s1)CC(N)c1ccc(OCCCc2ccccc2)s1. The summed E-state index contributed by atoms with van der Waals surface area (Å²) in [7, 11) is 0. The van der Waals surface area contributed by atoms with Crippen molar-refractivity contribution in [1.29, 1.82) is 0 Å². The molecule has 282 valence electrons. The van der Waals surface area contributed by atoms with Crippen molar-refractivity contribution in [1.82, 2.24) is 0 Å². The average molecular weight is 753 g/mol. The van der Waals surface area contributed by atoms with Gasteiger partial charge in [0.05, 0.1) is 26.4 Å². The minimum atomic E-state index is -2.08. The van der Waals surface area contributed by atoms with Crippen LogP contribution in [0.2, 0.25) is 0 Å². The first kappa shape index (κ1) is 41.0. The monoisotopic (exact) mass is 752 g/mol. The molecule has 0 amide bonds. The minimum Gasteiger partial charge on any atom is -0.484 e. The second-order valence-corrected chi connectivity index (χ2v) is 15.4. The smallest absolute Gasteiger partial charge is 0.338 e. The maximum atomic E-state index is 12.4. The molecule has 6 N–H and O–H groups in total. The van der Waals surface area contributed by atoms with Crippen LogP contribution in [0.5, 0.6) is 10.1 Å². The van der Waals surface area contributed by atoms with Gasteiger partial charge in [0.2, 0.25) is 0 Å². The molecule has 4 rings (SSSR count). The fraction of sp³-hybridized carbons (Fsp3) is 0.450. The largest absolute Gasteiger partial charge is 0.484 e. The van der Waals surface area contributed by atoms with E-state index in [1.54, 1.807) is 0 Å². The zero-order valence-corrected chi connectivity index (χ0v) is 31.6. The van der Waals surface area contributed by atoms with E-state index < -0.39 is 24.1 Å². The Bertz CT molecular complexity index is 1500. The molecule has 2 aromatic heterocycles. The van der Waals surface area contributed by atoms with Gasteiger partial charge in [-0.05, 0) is 85.8 Å². The summed E-state index contributed by atoms with van der Waals surface area (Å²) in [6.45, 7) is 4.85. The number of aliphatic hydroxyl groups excluding tert-OH is 2. The molecule has 0 bridgehead atoms. The Hall–Kier alpha value is -3.78. The van der Waals surface area contributed by atoms with Gasteiger partial charge in [-0.1, -0.05) is 74.5 Å². The zero-order valence-electron chi connectivity index (χ0n) is 29.9. The highest BCUT2D eigenvalue weighted by atomic mass is 32.1. The molecule has 10 nitrogen and oxygen atoms in total. The van der Waals surface area contributed by atoms with Gasteiger partial charge in [0.1, 0.15) is 0 Å². The van der Waals surface area contributed by atoms with E-state index in [0.29, 0.717) is 26.1 Å². The average Bonchev–Trinajstić information content (AvgIpc) is 3.84. The highest BCUT2D eigenvalue weighted by Crippen LogP contribution is 2.32. The number of aryl methyl sites for hydroxylation is 2. The molecule has 0 saturated carbocycles. The summed E-state index contributed by atoms with van der Waals surface area (Å²) in [5.41, 5.74) is 15.4. The van der Waals surface area contributed by atoms with Crippen LogP contribution in [0.1, 0.15) is 72.5 Å². The summed E-state index contributed by atoms with van der Waals surface area (Å²) in [6.07, 6.45) is 0.558. The molecule has 0 aliphatic carbocycles. The molecular formula is C40H52N2O8S2. The maximum absolute atomic E-state index is 12.4. The van der Waals surface area contributed by atoms with Crippen molar-refractivity contribution in [2.45, 2.75) is 76.7 Å². The highest BCUT2D eigenvalue weighted by molar-refractivity contribution is 7.14. The van der Waals surface area contributed by atoms with Gasteiger partial charge in [0.15, 0.2) is 22.3 Å². The lowest BCUT2D eigenvalue weighted by atomic mass is 10.0. The third kappa shape index (κ3) is 14.0. The van der Waals surface area contributed by atoms with E-state index in [2.05, 4.69) is 24.3 Å². The molecular weight excluding hydrogens is 701 g/mol. The number of thiophene rings is 2. The van der Waals surface area contributed by atoms with Gasteiger partial charge in [0, 0.05) is 21.8 Å². The lowest BCUT2D eigenvalue weighted by molar-refractivity contribution is -0.174. The van der Waals surface area contributed by atoms with Crippen LogP contribution in [0.25, 0.3) is 0 Å². The fourth-order valence-corrected chi connectivity index (χ4v) is 7.31. The first-order valence-corrected chi connectivity index (χ1v) is 19.5. The lowest BCUT2D eigenvalue weighted by Gasteiger charge is -2.20. The van der Waals surface area contributed by atoms with Crippen LogP contribution in [0.4, 0.5) is 0 Å². The Morgan fingerprint density at radius 2 is 1.00 bits per heavy atom. The summed E-state index contributed by atoms with van der Waals surface area (Å²) in [4.78, 5) is 26.8. The summed E-state index contributed by atoms with van der Waals surface area (Å²) in [6, 6.07) is 27.6. The molecule has 0 spiro atoms. The van der Waals surface area contributed by atoms with E-state index >= 15 is 0 Å². The number of nitrogens with two attached hydrogens (primary N) is 2. The number of hydrogen-bond acceptors (Lipinski definition) is 12. The number of carbonyl (C=O) groups is 2. The zero-order chi connectivity index (χ0) is 37.3. The lowest BCUT2D eigenvalue weighted by Crippen LogP contribution is -2.42. The fourth-order valence-electron chi connectivity index (χ4n) is 5.52. The van der Waals surface area contributed by atoms with Crippen molar-refractivity contribution in [3.63, 3.8) is 0 Å². The van der Waals surface area contributed by atoms with Crippen LogP contribution in [0.3, 0.4) is 0 Å². The molecule has 4 unspecified atom stereocenters. The summed E-state index contributed by atoms with van der Waals surface area (Å²) in [5, 5.41) is 22.2. The van der Waals surface area contributed by atoms with Crippen molar-refractivity contribution < 1.29 is 38.7 Å². The van der Waals surface area contributed by atoms with Gasteiger partial charge in [-0.15, -0.1) is 22.7 Å². The van der Waals surface area contributed by atoms with Crippen LogP contribution in [-0.4, -0.2) is 60.8 Å². The molecule has 0 aliphatic rings. The second-order valence-electron chi connectivity index (χ2n) is 13.2. The van der Waals surface area contributed by atoms with Crippen LogP contribution in [0.15, 0.2) is 84.9 Å². The molecule has 0 saturated heterocycles. The Morgan fingerprint density at radius 3 is 1.38 bits per heavy atom. The summed E-state index contributed by atoms with van der Waals surface area (Å²) >= 11 is 2.97. The van der Waals surface area contributed by atoms with Crippen molar-refractivity contribution in [3.05, 3.63) is 106 Å². The Balaban J connectivity index is 1.08. The number of rotatable bonds is 23. The molecule has 0 aliphatic heterocycles. The van der Waals surface area contributed by atoms with Gasteiger partial charge in [-0.2, -0.15) is 0 Å². The van der Waals surface area contributed by atoms with Gasteiger partial charge in [0.25, 0.3) is 0 Å². The number of aliphatic hydroxyl groups is 2. The molecule has 4 aromatic rings. The van der Waals surface area contributed by atoms with E-state index in [-0.39, 0.29) is 37.1 Å². The van der Waals surface area contributed by atoms with E-state index in [0.717, 1.165) is 45.6 Å². The number of ether oxygens (including phenoxy) is 4. The normalized spacial score (nSPS) is 14.8. The van der Waals surface area contributed by atoms with Gasteiger partial charge in [-0.25, -0.2) is 9.59 Å². The van der Waals surface area contributed by atoms with Crippen molar-refractivity contribution in [2.75, 3.05) is 26.4 Å². The third-order valence-electron chi connectivity index (χ3n) is 8.44. The van der Waals surface area contributed by atoms with E-state index in [9.17, 15) is 19.8 Å². The quantitative estimate of drug-likeness (QED) is 0.0493. The predicted octanol–water partition coefficient (Wildman–Crippen LogP) is 6.39. The Labute approximate surface area is 314 Å². The molecule has 2 heterocycles. The predicted molar refractivity (Wildman–Crippen MR) is 205 cm³/mol. The van der Waals surface area contributed by atoms with E-state index in [1.807, 2.05) is 74.5 Å².